The first-order valence-electron chi connectivity index (χ1n) is 3.09. The number of hydrogen-bond acceptors (Lipinski definition) is 2. The highest BCUT2D eigenvalue weighted by molar-refractivity contribution is 14.1. The molecule has 1 heterocycles. The molecule has 0 unspecified atom stereocenters. The van der Waals surface area contributed by atoms with Crippen LogP contribution in [-0.2, 0) is 0 Å². The Morgan fingerprint density at radius 1 is 1.70 bits per heavy atom. The molecule has 0 atom stereocenters. The molecule has 0 aliphatic carbocycles. The van der Waals surface area contributed by atoms with Gasteiger partial charge in [0.1, 0.15) is 3.70 Å². The normalized spacial score (nSPS) is 9.90. The van der Waals surface area contributed by atoms with Crippen molar-refractivity contribution in [1.82, 2.24) is 10.2 Å². The highest BCUT2D eigenvalue weighted by Gasteiger charge is 2.05. The van der Waals surface area contributed by atoms with Gasteiger partial charge in [0, 0.05) is 5.56 Å². The zero-order valence-corrected chi connectivity index (χ0v) is 8.10. The van der Waals surface area contributed by atoms with Crippen LogP contribution in [0.4, 0.5) is 0 Å². The minimum atomic E-state index is 0.668. The lowest BCUT2D eigenvalue weighted by Gasteiger charge is -1.96. The Hall–Kier alpha value is -0.260. The molecular weight excluding hydrogens is 243 g/mol. The fourth-order valence-corrected chi connectivity index (χ4v) is 0.990. The van der Waals surface area contributed by atoms with Gasteiger partial charge < -0.3 is 4.74 Å². The van der Waals surface area contributed by atoms with Gasteiger partial charge in [0.05, 0.1) is 6.61 Å². The van der Waals surface area contributed by atoms with Gasteiger partial charge in [-0.3, -0.25) is 5.10 Å². The van der Waals surface area contributed by atoms with Gasteiger partial charge in [-0.2, -0.15) is 0 Å². The molecule has 1 rings (SSSR count). The molecule has 0 aliphatic rings. The van der Waals surface area contributed by atoms with Gasteiger partial charge in [0.25, 0.3) is 0 Å². The van der Waals surface area contributed by atoms with E-state index in [2.05, 4.69) is 32.8 Å². The van der Waals surface area contributed by atoms with Crippen LogP contribution in [0.2, 0.25) is 0 Å². The molecule has 0 fully saturated rings. The van der Waals surface area contributed by atoms with E-state index in [9.17, 15) is 0 Å². The summed E-state index contributed by atoms with van der Waals surface area (Å²) in [6, 6.07) is 0. The number of aromatic amines is 1. The first-order valence-corrected chi connectivity index (χ1v) is 4.16. The quantitative estimate of drug-likeness (QED) is 0.814. The molecule has 3 nitrogen and oxygen atoms in total. The minimum Gasteiger partial charge on any atom is -0.477 e. The maximum atomic E-state index is 5.21. The molecule has 1 N–H and O–H groups in total. The first kappa shape index (κ1) is 7.84. The summed E-state index contributed by atoms with van der Waals surface area (Å²) < 4.78 is 6.25. The Morgan fingerprint density at radius 2 is 2.40 bits per heavy atom. The predicted octanol–water partition coefficient (Wildman–Crippen LogP) is 1.72. The molecule has 0 radical (unpaired) electrons. The summed E-state index contributed by atoms with van der Waals surface area (Å²) >= 11 is 2.19. The van der Waals surface area contributed by atoms with Gasteiger partial charge >= 0.3 is 0 Å². The molecule has 10 heavy (non-hydrogen) atoms. The summed E-state index contributed by atoms with van der Waals surface area (Å²) in [4.78, 5) is 0. The molecule has 56 valence electrons. The number of aromatic nitrogens is 2. The lowest BCUT2D eigenvalue weighted by molar-refractivity contribution is 0.324. The van der Waals surface area contributed by atoms with Gasteiger partial charge in [-0.15, -0.1) is 5.10 Å². The summed E-state index contributed by atoms with van der Waals surface area (Å²) in [7, 11) is 0. The molecule has 0 saturated heterocycles. The highest BCUT2D eigenvalue weighted by Crippen LogP contribution is 2.18. The van der Waals surface area contributed by atoms with Gasteiger partial charge in [0.2, 0.25) is 5.88 Å². The summed E-state index contributed by atoms with van der Waals surface area (Å²) in [5.74, 6) is 0.715. The van der Waals surface area contributed by atoms with E-state index in [-0.39, 0.29) is 0 Å². The van der Waals surface area contributed by atoms with Crippen LogP contribution in [0.5, 0.6) is 5.88 Å². The largest absolute Gasteiger partial charge is 0.477 e. The SMILES string of the molecule is CCOc1n[nH]c(I)c1C. The topological polar surface area (TPSA) is 37.9 Å². The van der Waals surface area contributed by atoms with Crippen LogP contribution in [0.25, 0.3) is 0 Å². The smallest absolute Gasteiger partial charge is 0.236 e. The number of halogens is 1. The van der Waals surface area contributed by atoms with E-state index >= 15 is 0 Å². The van der Waals surface area contributed by atoms with Gasteiger partial charge in [0.15, 0.2) is 0 Å². The molecule has 0 spiro atoms. The summed E-state index contributed by atoms with van der Waals surface area (Å²) in [6.45, 7) is 4.60. The van der Waals surface area contributed by atoms with Crippen molar-refractivity contribution in [2.24, 2.45) is 0 Å². The van der Waals surface area contributed by atoms with E-state index in [0.717, 1.165) is 9.26 Å². The van der Waals surface area contributed by atoms with Crippen LogP contribution in [0.1, 0.15) is 12.5 Å². The fourth-order valence-electron chi connectivity index (χ4n) is 0.639. The molecule has 1 aromatic heterocycles. The lowest BCUT2D eigenvalue weighted by Crippen LogP contribution is -1.92. The second-order valence-electron chi connectivity index (χ2n) is 1.90. The van der Waals surface area contributed by atoms with Crippen molar-refractivity contribution in [2.75, 3.05) is 6.61 Å². The Kier molecular flexibility index (Phi) is 2.53. The molecule has 0 aliphatic heterocycles. The summed E-state index contributed by atoms with van der Waals surface area (Å²) in [5.41, 5.74) is 1.09. The zero-order valence-electron chi connectivity index (χ0n) is 5.94. The average molecular weight is 252 g/mol. The summed E-state index contributed by atoms with van der Waals surface area (Å²) in [6.07, 6.45) is 0. The minimum absolute atomic E-state index is 0.668. The van der Waals surface area contributed by atoms with Crippen molar-refractivity contribution >= 4 is 22.6 Å². The van der Waals surface area contributed by atoms with Crippen molar-refractivity contribution in [2.45, 2.75) is 13.8 Å². The number of nitrogens with one attached hydrogen (secondary N) is 1. The van der Waals surface area contributed by atoms with Crippen LogP contribution in [0.3, 0.4) is 0 Å². The van der Waals surface area contributed by atoms with E-state index < -0.39 is 0 Å². The van der Waals surface area contributed by atoms with Crippen molar-refractivity contribution in [3.63, 3.8) is 0 Å². The maximum Gasteiger partial charge on any atom is 0.236 e. The van der Waals surface area contributed by atoms with E-state index in [0.29, 0.717) is 12.5 Å². The van der Waals surface area contributed by atoms with Crippen molar-refractivity contribution in [3.05, 3.63) is 9.26 Å². The van der Waals surface area contributed by atoms with Gasteiger partial charge in [-0.05, 0) is 36.4 Å². The van der Waals surface area contributed by atoms with Crippen LogP contribution >= 0.6 is 22.6 Å². The number of rotatable bonds is 2. The third kappa shape index (κ3) is 1.42. The lowest BCUT2D eigenvalue weighted by atomic mass is 10.4. The highest BCUT2D eigenvalue weighted by atomic mass is 127. The fraction of sp³-hybridized carbons (Fsp3) is 0.500. The Morgan fingerprint density at radius 3 is 2.80 bits per heavy atom. The van der Waals surface area contributed by atoms with Crippen molar-refractivity contribution in [3.8, 4) is 5.88 Å². The first-order chi connectivity index (χ1) is 4.75. The van der Waals surface area contributed by atoms with Crippen LogP contribution < -0.4 is 4.74 Å². The molecule has 0 bridgehead atoms. The molecule has 0 amide bonds. The Bertz CT molecular complexity index is 222. The molecule has 4 heteroatoms. The van der Waals surface area contributed by atoms with E-state index in [1.54, 1.807) is 0 Å². The molecule has 1 aromatic rings. The van der Waals surface area contributed by atoms with Crippen LogP contribution in [0, 0.1) is 10.6 Å². The molecule has 0 aromatic carbocycles. The average Bonchev–Trinajstić information content (AvgIpc) is 2.20. The van der Waals surface area contributed by atoms with Gasteiger partial charge in [-0.1, -0.05) is 0 Å². The van der Waals surface area contributed by atoms with Crippen molar-refractivity contribution in [1.29, 1.82) is 0 Å². The third-order valence-corrected chi connectivity index (χ3v) is 2.24. The second kappa shape index (κ2) is 3.23. The number of nitrogens with zero attached hydrogens (tertiary/aromatic N) is 1. The third-order valence-electron chi connectivity index (χ3n) is 1.19. The number of H-pyrrole nitrogens is 1. The van der Waals surface area contributed by atoms with Crippen LogP contribution in [0.15, 0.2) is 0 Å². The Labute approximate surface area is 73.3 Å². The van der Waals surface area contributed by atoms with Crippen LogP contribution in [-0.4, -0.2) is 16.8 Å². The molecule has 0 saturated carbocycles. The van der Waals surface area contributed by atoms with Crippen molar-refractivity contribution < 1.29 is 4.74 Å². The molecular formula is C6H9IN2O. The van der Waals surface area contributed by atoms with E-state index in [1.807, 2.05) is 13.8 Å². The maximum absolute atomic E-state index is 5.21. The zero-order chi connectivity index (χ0) is 7.56. The summed E-state index contributed by atoms with van der Waals surface area (Å²) in [5, 5.41) is 6.78. The monoisotopic (exact) mass is 252 g/mol. The number of hydrogen-bond donors (Lipinski definition) is 1. The Balaban J connectivity index is 2.83. The van der Waals surface area contributed by atoms with E-state index in [4.69, 9.17) is 4.74 Å². The van der Waals surface area contributed by atoms with E-state index in [1.165, 1.54) is 0 Å². The number of ether oxygens (including phenoxy) is 1. The standard InChI is InChI=1S/C6H9IN2O/c1-3-10-6-4(2)5(7)8-9-6/h3H2,1-2H3,(H,8,9). The second-order valence-corrected chi connectivity index (χ2v) is 2.98. The predicted molar refractivity (Wildman–Crippen MR) is 47.2 cm³/mol. The van der Waals surface area contributed by atoms with Gasteiger partial charge in [-0.25, -0.2) is 0 Å².